The molecule has 0 aliphatic carbocycles. The highest BCUT2D eigenvalue weighted by Gasteiger charge is 2.12. The Morgan fingerprint density at radius 1 is 1.13 bits per heavy atom. The van der Waals surface area contributed by atoms with Crippen LogP contribution in [0.15, 0.2) is 48.5 Å². The summed E-state index contributed by atoms with van der Waals surface area (Å²) in [5.74, 6) is -1.08. The fourth-order valence-corrected chi connectivity index (χ4v) is 2.47. The largest absolute Gasteiger partial charge is 0.548 e. The first-order chi connectivity index (χ1) is 11.0. The second-order valence-corrected chi connectivity index (χ2v) is 5.72. The lowest BCUT2D eigenvalue weighted by Crippen LogP contribution is -2.28. The highest BCUT2D eigenvalue weighted by atomic mass is 35.5. The van der Waals surface area contributed by atoms with Crippen LogP contribution >= 0.6 is 11.6 Å². The van der Waals surface area contributed by atoms with Gasteiger partial charge in [0, 0.05) is 5.02 Å². The molecular weight excluding hydrogens is 316 g/mol. The van der Waals surface area contributed by atoms with Crippen molar-refractivity contribution in [2.24, 2.45) is 0 Å². The fraction of sp³-hybridized carbons (Fsp3) is 0.278. The molecule has 2 rings (SSSR count). The average molecular weight is 334 g/mol. The smallest absolute Gasteiger partial charge is 0.115 e. The molecule has 122 valence electrons. The van der Waals surface area contributed by atoms with E-state index in [9.17, 15) is 15.0 Å². The van der Waals surface area contributed by atoms with E-state index in [-0.39, 0.29) is 11.9 Å². The Hall–Kier alpha value is -2.04. The minimum Gasteiger partial charge on any atom is -0.548 e. The van der Waals surface area contributed by atoms with Gasteiger partial charge in [0.25, 0.3) is 0 Å². The zero-order chi connectivity index (χ0) is 16.7. The van der Waals surface area contributed by atoms with E-state index < -0.39 is 12.6 Å². The molecule has 0 saturated carbocycles. The van der Waals surface area contributed by atoms with Crippen LogP contribution in [0.3, 0.4) is 0 Å². The summed E-state index contributed by atoms with van der Waals surface area (Å²) in [6.07, 6.45) is 2.00. The quantitative estimate of drug-likeness (QED) is 0.806. The van der Waals surface area contributed by atoms with Gasteiger partial charge in [-0.2, -0.15) is 0 Å². The number of aromatic hydroxyl groups is 1. The molecule has 5 heteroatoms. The summed E-state index contributed by atoms with van der Waals surface area (Å²) in [5, 5.41) is 20.7. The van der Waals surface area contributed by atoms with Gasteiger partial charge >= 0.3 is 0 Å². The molecule has 23 heavy (non-hydrogen) atoms. The van der Waals surface area contributed by atoms with Gasteiger partial charge in [0.15, 0.2) is 0 Å². The lowest BCUT2D eigenvalue weighted by atomic mass is 10.0. The van der Waals surface area contributed by atoms with Crippen LogP contribution in [-0.2, 0) is 16.0 Å². The summed E-state index contributed by atoms with van der Waals surface area (Å²) in [6.45, 7) is -0.452. The molecule has 0 aromatic heterocycles. The number of carboxylic acids is 1. The summed E-state index contributed by atoms with van der Waals surface area (Å²) in [6, 6.07) is 14.2. The molecule has 1 atom stereocenters. The minimum atomic E-state index is -1.24. The molecule has 4 nitrogen and oxygen atoms in total. The molecular formula is C18H18ClO4-. The molecule has 2 aromatic rings. The number of hydrogen-bond donors (Lipinski definition) is 1. The molecule has 0 spiro atoms. The fourth-order valence-electron chi connectivity index (χ4n) is 2.35. The maximum absolute atomic E-state index is 10.6. The first kappa shape index (κ1) is 17.3. The molecule has 0 radical (unpaired) electrons. The van der Waals surface area contributed by atoms with Crippen molar-refractivity contribution in [3.05, 3.63) is 64.7 Å². The van der Waals surface area contributed by atoms with Gasteiger partial charge in [-0.25, -0.2) is 0 Å². The van der Waals surface area contributed by atoms with Crippen molar-refractivity contribution >= 4 is 17.6 Å². The van der Waals surface area contributed by atoms with E-state index in [0.717, 1.165) is 18.4 Å². The van der Waals surface area contributed by atoms with Crippen LogP contribution in [0, 0.1) is 0 Å². The van der Waals surface area contributed by atoms with Crippen molar-refractivity contribution < 1.29 is 19.7 Å². The zero-order valence-corrected chi connectivity index (χ0v) is 13.3. The van der Waals surface area contributed by atoms with Gasteiger partial charge in [0.2, 0.25) is 0 Å². The number of aliphatic carboxylic acids is 1. The van der Waals surface area contributed by atoms with Crippen molar-refractivity contribution in [2.75, 3.05) is 6.61 Å². The SMILES string of the molecule is O=C([O-])COC(CCCc1ccc(Cl)cc1)c1ccc(O)cc1. The van der Waals surface area contributed by atoms with Crippen molar-refractivity contribution in [1.29, 1.82) is 0 Å². The van der Waals surface area contributed by atoms with Crippen molar-refractivity contribution in [2.45, 2.75) is 25.4 Å². The Bertz CT molecular complexity index is 622. The number of phenols is 1. The Morgan fingerprint density at radius 2 is 1.78 bits per heavy atom. The number of carboxylic acid groups (broad SMARTS) is 1. The van der Waals surface area contributed by atoms with Gasteiger partial charge in [-0.15, -0.1) is 0 Å². The number of ether oxygens (including phenoxy) is 1. The van der Waals surface area contributed by atoms with Crippen molar-refractivity contribution in [3.63, 3.8) is 0 Å². The van der Waals surface area contributed by atoms with E-state index in [0.29, 0.717) is 11.4 Å². The maximum atomic E-state index is 10.6. The predicted octanol–water partition coefficient (Wildman–Crippen LogP) is 2.88. The standard InChI is InChI=1S/C18H19ClO4/c19-15-8-4-13(5-9-15)2-1-3-17(23-12-18(21)22)14-6-10-16(20)11-7-14/h4-11,17,20H,1-3,12H2,(H,21,22)/p-1. The molecule has 1 unspecified atom stereocenters. The summed E-state index contributed by atoms with van der Waals surface area (Å²) in [5.41, 5.74) is 2.00. The van der Waals surface area contributed by atoms with E-state index >= 15 is 0 Å². The third kappa shape index (κ3) is 5.93. The molecule has 0 fully saturated rings. The molecule has 1 N–H and O–H groups in total. The molecule has 0 amide bonds. The minimum absolute atomic E-state index is 0.161. The van der Waals surface area contributed by atoms with Gasteiger partial charge in [0.05, 0.1) is 18.7 Å². The van der Waals surface area contributed by atoms with Crippen LogP contribution in [0.25, 0.3) is 0 Å². The van der Waals surface area contributed by atoms with Crippen LogP contribution in [0.2, 0.25) is 5.02 Å². The number of phenolic OH excluding ortho intramolecular Hbond substituents is 1. The first-order valence-electron chi connectivity index (χ1n) is 7.39. The normalized spacial score (nSPS) is 12.0. The molecule has 0 bridgehead atoms. The second-order valence-electron chi connectivity index (χ2n) is 5.28. The molecule has 0 saturated heterocycles. The Kier molecular flexibility index (Phi) is 6.44. The third-order valence-corrected chi connectivity index (χ3v) is 3.76. The van der Waals surface area contributed by atoms with Crippen molar-refractivity contribution in [1.82, 2.24) is 0 Å². The summed E-state index contributed by atoms with van der Waals surface area (Å²) < 4.78 is 5.42. The highest BCUT2D eigenvalue weighted by Crippen LogP contribution is 2.25. The molecule has 0 heterocycles. The van der Waals surface area contributed by atoms with Gasteiger partial charge in [-0.3, -0.25) is 0 Å². The Balaban J connectivity index is 1.95. The molecule has 2 aromatic carbocycles. The van der Waals surface area contributed by atoms with Crippen LogP contribution in [0.4, 0.5) is 0 Å². The van der Waals surface area contributed by atoms with Crippen molar-refractivity contribution in [3.8, 4) is 5.75 Å². The van der Waals surface area contributed by atoms with E-state index in [1.807, 2.05) is 24.3 Å². The Labute approximate surface area is 140 Å². The van der Waals surface area contributed by atoms with Gasteiger partial charge < -0.3 is 19.7 Å². The number of carbonyl (C=O) groups excluding carboxylic acids is 1. The third-order valence-electron chi connectivity index (χ3n) is 3.51. The highest BCUT2D eigenvalue weighted by molar-refractivity contribution is 6.30. The lowest BCUT2D eigenvalue weighted by molar-refractivity contribution is -0.310. The maximum Gasteiger partial charge on any atom is 0.115 e. The van der Waals surface area contributed by atoms with E-state index in [2.05, 4.69) is 0 Å². The zero-order valence-electron chi connectivity index (χ0n) is 12.6. The van der Waals surface area contributed by atoms with E-state index in [4.69, 9.17) is 16.3 Å². The number of hydrogen-bond acceptors (Lipinski definition) is 4. The number of carbonyl (C=O) groups is 1. The van der Waals surface area contributed by atoms with Crippen LogP contribution in [-0.4, -0.2) is 17.7 Å². The van der Waals surface area contributed by atoms with Gasteiger partial charge in [0.1, 0.15) is 5.75 Å². The average Bonchev–Trinajstić information content (AvgIpc) is 2.53. The van der Waals surface area contributed by atoms with Crippen LogP contribution in [0.1, 0.15) is 30.1 Å². The summed E-state index contributed by atoms with van der Waals surface area (Å²) in [7, 11) is 0. The second kappa shape index (κ2) is 8.56. The molecule has 0 aliphatic rings. The number of rotatable bonds is 8. The number of aryl methyl sites for hydroxylation is 1. The topological polar surface area (TPSA) is 69.6 Å². The van der Waals surface area contributed by atoms with Crippen LogP contribution < -0.4 is 5.11 Å². The van der Waals surface area contributed by atoms with E-state index in [1.165, 1.54) is 5.56 Å². The lowest BCUT2D eigenvalue weighted by Gasteiger charge is -2.19. The summed E-state index contributed by atoms with van der Waals surface area (Å²) in [4.78, 5) is 10.6. The van der Waals surface area contributed by atoms with Crippen LogP contribution in [0.5, 0.6) is 5.75 Å². The number of halogens is 1. The number of benzene rings is 2. The predicted molar refractivity (Wildman–Crippen MR) is 86.2 cm³/mol. The van der Waals surface area contributed by atoms with Gasteiger partial charge in [-0.1, -0.05) is 35.9 Å². The monoisotopic (exact) mass is 333 g/mol. The Morgan fingerprint density at radius 3 is 2.39 bits per heavy atom. The van der Waals surface area contributed by atoms with E-state index in [1.54, 1.807) is 24.3 Å². The summed E-state index contributed by atoms with van der Waals surface area (Å²) >= 11 is 5.86. The first-order valence-corrected chi connectivity index (χ1v) is 7.77. The van der Waals surface area contributed by atoms with Gasteiger partial charge in [-0.05, 0) is 54.7 Å². The molecule has 0 aliphatic heterocycles.